The van der Waals surface area contributed by atoms with Crippen molar-refractivity contribution in [3.05, 3.63) is 106 Å². The second kappa shape index (κ2) is 11.1. The van der Waals surface area contributed by atoms with Crippen molar-refractivity contribution >= 4 is 5.91 Å². The third kappa shape index (κ3) is 6.58. The van der Waals surface area contributed by atoms with E-state index in [4.69, 9.17) is 0 Å². The van der Waals surface area contributed by atoms with Gasteiger partial charge in [0.1, 0.15) is 5.82 Å². The first-order valence-electron chi connectivity index (χ1n) is 12.5. The average Bonchev–Trinajstić information content (AvgIpc) is 3.24. The van der Waals surface area contributed by atoms with Crippen LogP contribution in [0.4, 0.5) is 17.6 Å². The smallest absolute Gasteiger partial charge is 0.336 e. The first kappa shape index (κ1) is 26.9. The van der Waals surface area contributed by atoms with Crippen LogP contribution in [0, 0.1) is 18.7 Å². The fourth-order valence-corrected chi connectivity index (χ4v) is 5.09. The molecule has 0 saturated carbocycles. The molecular weight excluding hydrogens is 480 g/mol. The number of carbonyl (C=O) groups excluding carboxylic acids is 1. The number of halogens is 4. The van der Waals surface area contributed by atoms with Crippen LogP contribution in [0.25, 0.3) is 0 Å². The molecule has 2 atom stereocenters. The van der Waals surface area contributed by atoms with Crippen molar-refractivity contribution in [1.82, 2.24) is 9.80 Å². The summed E-state index contributed by atoms with van der Waals surface area (Å²) in [6.45, 7) is 8.19. The third-order valence-corrected chi connectivity index (χ3v) is 7.09. The van der Waals surface area contributed by atoms with Gasteiger partial charge in [0.25, 0.3) is 5.91 Å². The van der Waals surface area contributed by atoms with Crippen LogP contribution in [0.1, 0.15) is 52.4 Å². The van der Waals surface area contributed by atoms with E-state index in [1.165, 1.54) is 18.2 Å². The summed E-state index contributed by atoms with van der Waals surface area (Å²) in [5.41, 5.74) is 2.68. The lowest BCUT2D eigenvalue weighted by molar-refractivity contribution is -0.137. The molecule has 4 rings (SSSR count). The van der Waals surface area contributed by atoms with E-state index < -0.39 is 11.7 Å². The van der Waals surface area contributed by atoms with E-state index in [-0.39, 0.29) is 29.6 Å². The zero-order valence-corrected chi connectivity index (χ0v) is 21.3. The normalized spacial score (nSPS) is 18.4. The van der Waals surface area contributed by atoms with Gasteiger partial charge in [-0.2, -0.15) is 13.2 Å². The number of amides is 1. The van der Waals surface area contributed by atoms with Gasteiger partial charge in [0.2, 0.25) is 0 Å². The molecular formula is C30H32F4N2O. The van der Waals surface area contributed by atoms with Crippen molar-refractivity contribution in [2.75, 3.05) is 19.6 Å². The molecule has 3 aromatic rings. The highest BCUT2D eigenvalue weighted by Gasteiger charge is 2.37. The molecule has 196 valence electrons. The van der Waals surface area contributed by atoms with Crippen molar-refractivity contribution in [2.24, 2.45) is 5.92 Å². The van der Waals surface area contributed by atoms with Crippen LogP contribution < -0.4 is 0 Å². The van der Waals surface area contributed by atoms with E-state index in [0.29, 0.717) is 31.7 Å². The molecule has 1 saturated heterocycles. The molecule has 0 unspecified atom stereocenters. The van der Waals surface area contributed by atoms with E-state index in [1.807, 2.05) is 56.0 Å². The lowest BCUT2D eigenvalue weighted by atomic mass is 9.88. The lowest BCUT2D eigenvalue weighted by Crippen LogP contribution is -2.42. The second-order valence-electron chi connectivity index (χ2n) is 10.2. The number of likely N-dealkylation sites (tertiary alicyclic amines) is 1. The van der Waals surface area contributed by atoms with Gasteiger partial charge in [-0.25, -0.2) is 4.39 Å². The molecule has 1 heterocycles. The first-order valence-corrected chi connectivity index (χ1v) is 12.5. The highest BCUT2D eigenvalue weighted by Crippen LogP contribution is 2.35. The van der Waals surface area contributed by atoms with Gasteiger partial charge in [-0.1, -0.05) is 42.0 Å². The van der Waals surface area contributed by atoms with Crippen LogP contribution >= 0.6 is 0 Å². The minimum atomic E-state index is -4.37. The number of rotatable bonds is 7. The summed E-state index contributed by atoms with van der Waals surface area (Å²) < 4.78 is 53.0. The number of aryl methyl sites for hydroxylation is 1. The highest BCUT2D eigenvalue weighted by molar-refractivity contribution is 5.94. The Morgan fingerprint density at radius 2 is 1.68 bits per heavy atom. The van der Waals surface area contributed by atoms with Gasteiger partial charge in [0.15, 0.2) is 0 Å². The largest absolute Gasteiger partial charge is 0.416 e. The minimum absolute atomic E-state index is 0.0165. The molecule has 1 amide bonds. The zero-order valence-electron chi connectivity index (χ0n) is 21.3. The molecule has 37 heavy (non-hydrogen) atoms. The summed E-state index contributed by atoms with van der Waals surface area (Å²) in [5, 5.41) is 0. The van der Waals surface area contributed by atoms with E-state index in [0.717, 1.165) is 28.8 Å². The Kier molecular flexibility index (Phi) is 8.02. The van der Waals surface area contributed by atoms with Crippen LogP contribution in [0.5, 0.6) is 0 Å². The van der Waals surface area contributed by atoms with Crippen LogP contribution in [0.2, 0.25) is 0 Å². The summed E-state index contributed by atoms with van der Waals surface area (Å²) in [5.74, 6) is -0.340. The summed E-state index contributed by atoms with van der Waals surface area (Å²) >= 11 is 0. The molecule has 0 spiro atoms. The standard InChI is InChI=1S/C30H32F4N2O/c1-20(2)36(29(37)23-11-7-21(3)8-12-23)18-25-17-35(19-28(25)24-5-4-6-27(31)15-24)16-22-9-13-26(14-10-22)30(32,33)34/h4-15,20,25,28H,16-19H2,1-3H3/t25-,28+/m1/s1. The van der Waals surface area contributed by atoms with E-state index in [9.17, 15) is 22.4 Å². The second-order valence-corrected chi connectivity index (χ2v) is 10.2. The third-order valence-electron chi connectivity index (χ3n) is 7.09. The Morgan fingerprint density at radius 3 is 2.27 bits per heavy atom. The average molecular weight is 513 g/mol. The Hall–Kier alpha value is -3.19. The number of hydrogen-bond donors (Lipinski definition) is 0. The molecule has 0 aliphatic carbocycles. The zero-order chi connectivity index (χ0) is 26.7. The Balaban J connectivity index is 1.56. The van der Waals surface area contributed by atoms with Crippen molar-refractivity contribution < 1.29 is 22.4 Å². The maximum Gasteiger partial charge on any atom is 0.416 e. The van der Waals surface area contributed by atoms with Gasteiger partial charge in [0, 0.05) is 43.7 Å². The molecule has 3 nitrogen and oxygen atoms in total. The van der Waals surface area contributed by atoms with E-state index in [1.54, 1.807) is 12.1 Å². The highest BCUT2D eigenvalue weighted by atomic mass is 19.4. The maximum absolute atomic E-state index is 14.1. The van der Waals surface area contributed by atoms with Crippen LogP contribution in [0.15, 0.2) is 72.8 Å². The summed E-state index contributed by atoms with van der Waals surface area (Å²) in [6.07, 6.45) is -4.37. The van der Waals surface area contributed by atoms with Gasteiger partial charge in [-0.3, -0.25) is 9.69 Å². The summed E-state index contributed by atoms with van der Waals surface area (Å²) in [7, 11) is 0. The topological polar surface area (TPSA) is 23.6 Å². The van der Waals surface area contributed by atoms with E-state index >= 15 is 0 Å². The Bertz CT molecular complexity index is 1210. The summed E-state index contributed by atoms with van der Waals surface area (Å²) in [6, 6.07) is 19.3. The monoisotopic (exact) mass is 512 g/mol. The molecule has 0 radical (unpaired) electrons. The molecule has 1 aliphatic rings. The van der Waals surface area contributed by atoms with Gasteiger partial charge in [-0.15, -0.1) is 0 Å². The van der Waals surface area contributed by atoms with Gasteiger partial charge < -0.3 is 4.90 Å². The number of hydrogen-bond acceptors (Lipinski definition) is 2. The van der Waals surface area contributed by atoms with Gasteiger partial charge in [-0.05, 0) is 74.2 Å². The van der Waals surface area contributed by atoms with Gasteiger partial charge >= 0.3 is 6.18 Å². The number of alkyl halides is 3. The van der Waals surface area contributed by atoms with Crippen molar-refractivity contribution in [3.8, 4) is 0 Å². The van der Waals surface area contributed by atoms with Crippen molar-refractivity contribution in [1.29, 1.82) is 0 Å². The SMILES string of the molecule is Cc1ccc(C(=O)N(C[C@H]2CN(Cc3ccc(C(F)(F)F)cc3)C[C@H]2c2cccc(F)c2)C(C)C)cc1. The molecule has 1 fully saturated rings. The van der Waals surface area contributed by atoms with Crippen molar-refractivity contribution in [2.45, 2.75) is 45.5 Å². The Morgan fingerprint density at radius 1 is 1.00 bits per heavy atom. The van der Waals surface area contributed by atoms with Crippen LogP contribution in [-0.2, 0) is 12.7 Å². The fourth-order valence-electron chi connectivity index (χ4n) is 5.09. The quantitative estimate of drug-likeness (QED) is 0.321. The molecule has 1 aliphatic heterocycles. The first-order chi connectivity index (χ1) is 17.5. The minimum Gasteiger partial charge on any atom is -0.336 e. The Labute approximate surface area is 215 Å². The molecule has 0 bridgehead atoms. The number of nitrogens with zero attached hydrogens (tertiary/aromatic N) is 2. The predicted molar refractivity (Wildman–Crippen MR) is 137 cm³/mol. The van der Waals surface area contributed by atoms with Crippen LogP contribution in [0.3, 0.4) is 0 Å². The van der Waals surface area contributed by atoms with Crippen LogP contribution in [-0.4, -0.2) is 41.4 Å². The summed E-state index contributed by atoms with van der Waals surface area (Å²) in [4.78, 5) is 17.5. The molecule has 7 heteroatoms. The molecule has 0 N–H and O–H groups in total. The fraction of sp³-hybridized carbons (Fsp3) is 0.367. The maximum atomic E-state index is 14.1. The lowest BCUT2D eigenvalue weighted by Gasteiger charge is -2.32. The molecule has 3 aromatic carbocycles. The van der Waals surface area contributed by atoms with Gasteiger partial charge in [0.05, 0.1) is 5.56 Å². The van der Waals surface area contributed by atoms with Crippen molar-refractivity contribution in [3.63, 3.8) is 0 Å². The molecule has 0 aromatic heterocycles. The number of carbonyl (C=O) groups is 1. The predicted octanol–water partition coefficient (Wildman–Crippen LogP) is 6.92. The van der Waals surface area contributed by atoms with E-state index in [2.05, 4.69) is 4.90 Å². The number of benzene rings is 3.